The van der Waals surface area contributed by atoms with Crippen molar-refractivity contribution < 1.29 is 4.74 Å². The van der Waals surface area contributed by atoms with Gasteiger partial charge in [-0.3, -0.25) is 0 Å². The van der Waals surface area contributed by atoms with Gasteiger partial charge >= 0.3 is 0 Å². The summed E-state index contributed by atoms with van der Waals surface area (Å²) in [7, 11) is 0. The van der Waals surface area contributed by atoms with Crippen molar-refractivity contribution >= 4 is 22.7 Å². The predicted molar refractivity (Wildman–Crippen MR) is 102 cm³/mol. The standard InChI is InChI=1S/C19H22N2OS2/c1-14(2)22-16-7-5-15(6-8-16)13-21-18(19-20-9-11-24-19)12-17-4-3-10-23-17/h3-11,14,18,21H,12-13H2,1-2H3. The van der Waals surface area contributed by atoms with Gasteiger partial charge in [0.2, 0.25) is 0 Å². The maximum atomic E-state index is 5.70. The van der Waals surface area contributed by atoms with Crippen molar-refractivity contribution in [1.82, 2.24) is 10.3 Å². The first-order valence-corrected chi connectivity index (χ1v) is 9.87. The fourth-order valence-corrected chi connectivity index (χ4v) is 3.95. The lowest BCUT2D eigenvalue weighted by molar-refractivity contribution is 0.242. The molecule has 0 saturated carbocycles. The number of hydrogen-bond donors (Lipinski definition) is 1. The number of aromatic nitrogens is 1. The Morgan fingerprint density at radius 2 is 1.92 bits per heavy atom. The first-order valence-electron chi connectivity index (χ1n) is 8.11. The molecule has 0 saturated heterocycles. The van der Waals surface area contributed by atoms with E-state index < -0.39 is 0 Å². The minimum atomic E-state index is 0.203. The second-order valence-electron chi connectivity index (χ2n) is 5.90. The van der Waals surface area contributed by atoms with E-state index in [2.05, 4.69) is 39.9 Å². The molecular weight excluding hydrogens is 336 g/mol. The van der Waals surface area contributed by atoms with Gasteiger partial charge in [-0.25, -0.2) is 4.98 Å². The van der Waals surface area contributed by atoms with Gasteiger partial charge < -0.3 is 10.1 Å². The molecule has 24 heavy (non-hydrogen) atoms. The number of ether oxygens (including phenoxy) is 1. The summed E-state index contributed by atoms with van der Waals surface area (Å²) in [5.41, 5.74) is 1.25. The van der Waals surface area contributed by atoms with E-state index in [0.29, 0.717) is 0 Å². The van der Waals surface area contributed by atoms with Crippen LogP contribution >= 0.6 is 22.7 Å². The van der Waals surface area contributed by atoms with Gasteiger partial charge in [0.25, 0.3) is 0 Å². The Labute approximate surface area is 151 Å². The van der Waals surface area contributed by atoms with E-state index in [4.69, 9.17) is 4.74 Å². The Kier molecular flexibility index (Phi) is 6.01. The zero-order chi connectivity index (χ0) is 16.8. The maximum absolute atomic E-state index is 5.70. The SMILES string of the molecule is CC(C)Oc1ccc(CNC(Cc2cccs2)c2nccs2)cc1. The lowest BCUT2D eigenvalue weighted by Crippen LogP contribution is -2.22. The predicted octanol–water partition coefficient (Wildman–Crippen LogP) is 5.07. The average Bonchev–Trinajstić information content (AvgIpc) is 3.26. The Morgan fingerprint density at radius 3 is 2.54 bits per heavy atom. The molecule has 5 heteroatoms. The normalized spacial score (nSPS) is 12.5. The van der Waals surface area contributed by atoms with Crippen molar-refractivity contribution in [1.29, 1.82) is 0 Å². The van der Waals surface area contributed by atoms with E-state index in [1.807, 2.05) is 37.6 Å². The van der Waals surface area contributed by atoms with Crippen LogP contribution in [-0.4, -0.2) is 11.1 Å². The molecule has 1 N–H and O–H groups in total. The lowest BCUT2D eigenvalue weighted by Gasteiger charge is -2.16. The van der Waals surface area contributed by atoms with Gasteiger partial charge in [-0.1, -0.05) is 18.2 Å². The molecule has 3 rings (SSSR count). The summed E-state index contributed by atoms with van der Waals surface area (Å²) in [4.78, 5) is 5.87. The average molecular weight is 359 g/mol. The molecule has 0 spiro atoms. The van der Waals surface area contributed by atoms with Crippen LogP contribution in [0.4, 0.5) is 0 Å². The van der Waals surface area contributed by atoms with Crippen molar-refractivity contribution in [2.24, 2.45) is 0 Å². The molecule has 0 amide bonds. The fourth-order valence-electron chi connectivity index (χ4n) is 2.48. The number of benzene rings is 1. The molecular formula is C19H22N2OS2. The molecule has 0 aliphatic heterocycles. The number of hydrogen-bond acceptors (Lipinski definition) is 5. The second-order valence-corrected chi connectivity index (χ2v) is 7.86. The molecule has 3 aromatic rings. The van der Waals surface area contributed by atoms with E-state index in [1.54, 1.807) is 22.7 Å². The van der Waals surface area contributed by atoms with E-state index in [9.17, 15) is 0 Å². The summed E-state index contributed by atoms with van der Waals surface area (Å²) in [5, 5.41) is 8.96. The van der Waals surface area contributed by atoms with Crippen LogP contribution in [0.2, 0.25) is 0 Å². The van der Waals surface area contributed by atoms with E-state index in [1.165, 1.54) is 10.4 Å². The van der Waals surface area contributed by atoms with Gasteiger partial charge in [0, 0.05) is 29.4 Å². The van der Waals surface area contributed by atoms with E-state index in [0.717, 1.165) is 23.7 Å². The molecule has 126 valence electrons. The van der Waals surface area contributed by atoms with Crippen LogP contribution in [0.1, 0.15) is 35.3 Å². The number of thiophene rings is 1. The number of rotatable bonds is 8. The van der Waals surface area contributed by atoms with Crippen LogP contribution in [0.15, 0.2) is 53.4 Å². The van der Waals surface area contributed by atoms with Crippen molar-refractivity contribution in [3.05, 3.63) is 68.8 Å². The van der Waals surface area contributed by atoms with Crippen LogP contribution in [0.25, 0.3) is 0 Å². The smallest absolute Gasteiger partial charge is 0.119 e. The maximum Gasteiger partial charge on any atom is 0.119 e. The van der Waals surface area contributed by atoms with Crippen LogP contribution in [0.3, 0.4) is 0 Å². The van der Waals surface area contributed by atoms with Gasteiger partial charge in [0.15, 0.2) is 0 Å². The zero-order valence-corrected chi connectivity index (χ0v) is 15.6. The Morgan fingerprint density at radius 1 is 1.08 bits per heavy atom. The highest BCUT2D eigenvalue weighted by molar-refractivity contribution is 7.10. The summed E-state index contributed by atoms with van der Waals surface area (Å²) < 4.78 is 5.70. The highest BCUT2D eigenvalue weighted by atomic mass is 32.1. The number of nitrogens with one attached hydrogen (secondary N) is 1. The highest BCUT2D eigenvalue weighted by Crippen LogP contribution is 2.23. The van der Waals surface area contributed by atoms with E-state index >= 15 is 0 Å². The summed E-state index contributed by atoms with van der Waals surface area (Å²) in [6, 6.07) is 12.8. The Hall–Kier alpha value is -1.69. The molecule has 0 aliphatic carbocycles. The molecule has 3 nitrogen and oxygen atoms in total. The molecule has 0 fully saturated rings. The van der Waals surface area contributed by atoms with Gasteiger partial charge in [-0.05, 0) is 43.0 Å². The fraction of sp³-hybridized carbons (Fsp3) is 0.316. The minimum absolute atomic E-state index is 0.203. The monoisotopic (exact) mass is 358 g/mol. The molecule has 0 aliphatic rings. The summed E-state index contributed by atoms with van der Waals surface area (Å²) in [6.45, 7) is 4.90. The molecule has 1 atom stereocenters. The first-order chi connectivity index (χ1) is 11.7. The van der Waals surface area contributed by atoms with Crippen molar-refractivity contribution in [3.63, 3.8) is 0 Å². The van der Waals surface area contributed by atoms with Crippen LogP contribution < -0.4 is 10.1 Å². The van der Waals surface area contributed by atoms with Crippen molar-refractivity contribution in [2.45, 2.75) is 39.0 Å². The third-order valence-corrected chi connectivity index (χ3v) is 5.37. The van der Waals surface area contributed by atoms with E-state index in [-0.39, 0.29) is 12.1 Å². The Bertz CT molecular complexity index is 706. The van der Waals surface area contributed by atoms with Crippen LogP contribution in [0.5, 0.6) is 5.75 Å². The summed E-state index contributed by atoms with van der Waals surface area (Å²) in [5.74, 6) is 0.920. The van der Waals surface area contributed by atoms with Crippen molar-refractivity contribution in [2.75, 3.05) is 0 Å². The summed E-state index contributed by atoms with van der Waals surface area (Å²) in [6.07, 6.45) is 3.05. The number of nitrogens with zero attached hydrogens (tertiary/aromatic N) is 1. The molecule has 1 unspecified atom stereocenters. The first kappa shape index (κ1) is 17.1. The molecule has 0 bridgehead atoms. The zero-order valence-electron chi connectivity index (χ0n) is 13.9. The van der Waals surface area contributed by atoms with Gasteiger partial charge in [-0.2, -0.15) is 0 Å². The Balaban J connectivity index is 1.63. The molecule has 2 heterocycles. The van der Waals surface area contributed by atoms with Crippen LogP contribution in [0, 0.1) is 0 Å². The quantitative estimate of drug-likeness (QED) is 0.611. The minimum Gasteiger partial charge on any atom is -0.491 e. The summed E-state index contributed by atoms with van der Waals surface area (Å²) >= 11 is 3.51. The molecule has 1 aromatic carbocycles. The highest BCUT2D eigenvalue weighted by Gasteiger charge is 2.15. The molecule has 0 radical (unpaired) electrons. The third-order valence-electron chi connectivity index (χ3n) is 3.58. The second kappa shape index (κ2) is 8.42. The van der Waals surface area contributed by atoms with Crippen molar-refractivity contribution in [3.8, 4) is 5.75 Å². The number of thiazole rings is 1. The van der Waals surface area contributed by atoms with Gasteiger partial charge in [0.1, 0.15) is 10.8 Å². The largest absolute Gasteiger partial charge is 0.491 e. The van der Waals surface area contributed by atoms with Crippen LogP contribution in [-0.2, 0) is 13.0 Å². The lowest BCUT2D eigenvalue weighted by atomic mass is 10.1. The van der Waals surface area contributed by atoms with Gasteiger partial charge in [-0.15, -0.1) is 22.7 Å². The third kappa shape index (κ3) is 4.90. The van der Waals surface area contributed by atoms with Gasteiger partial charge in [0.05, 0.1) is 12.1 Å². The topological polar surface area (TPSA) is 34.1 Å². The molecule has 2 aromatic heterocycles.